The van der Waals surface area contributed by atoms with E-state index in [0.29, 0.717) is 6.42 Å². The first-order valence-corrected chi connectivity index (χ1v) is 9.94. The normalized spacial score (nSPS) is 10.5. The number of nitrogens with one attached hydrogen (secondary N) is 1. The maximum atomic E-state index is 12.1. The van der Waals surface area contributed by atoms with Crippen LogP contribution in [0.2, 0.25) is 5.02 Å². The van der Waals surface area contributed by atoms with Gasteiger partial charge >= 0.3 is 0 Å². The van der Waals surface area contributed by atoms with Crippen LogP contribution in [0.3, 0.4) is 0 Å². The van der Waals surface area contributed by atoms with Gasteiger partial charge in [0.05, 0.1) is 5.69 Å². The number of carbonyl (C=O) groups is 1. The zero-order chi connectivity index (χ0) is 16.5. The van der Waals surface area contributed by atoms with E-state index < -0.39 is 0 Å². The summed E-state index contributed by atoms with van der Waals surface area (Å²) >= 11 is 9.35. The predicted octanol–water partition coefficient (Wildman–Crippen LogP) is 5.96. The molecule has 0 bridgehead atoms. The molecule has 0 aromatic heterocycles. The van der Waals surface area contributed by atoms with Crippen molar-refractivity contribution < 1.29 is 4.79 Å². The highest BCUT2D eigenvalue weighted by Gasteiger charge is 2.06. The SMILES string of the molecule is CCSc1ccccc1NC(=O)CCCSc1ccc(Cl)cc1. The Bertz CT molecular complexity index is 631. The topological polar surface area (TPSA) is 29.1 Å². The summed E-state index contributed by atoms with van der Waals surface area (Å²) in [6.07, 6.45) is 1.38. The molecule has 2 aromatic rings. The van der Waals surface area contributed by atoms with Crippen LogP contribution >= 0.6 is 35.1 Å². The summed E-state index contributed by atoms with van der Waals surface area (Å²) in [5.41, 5.74) is 0.912. The molecule has 0 aliphatic heterocycles. The largest absolute Gasteiger partial charge is 0.325 e. The molecular formula is C18H20ClNOS2. The first kappa shape index (κ1) is 18.2. The zero-order valence-electron chi connectivity index (χ0n) is 13.0. The van der Waals surface area contributed by atoms with Crippen molar-refractivity contribution in [3.8, 4) is 0 Å². The number of amides is 1. The van der Waals surface area contributed by atoms with E-state index >= 15 is 0 Å². The molecule has 0 aliphatic rings. The van der Waals surface area contributed by atoms with Gasteiger partial charge in [0.25, 0.3) is 0 Å². The van der Waals surface area contributed by atoms with Crippen molar-refractivity contribution in [2.45, 2.75) is 29.6 Å². The molecule has 0 radical (unpaired) electrons. The highest BCUT2D eigenvalue weighted by molar-refractivity contribution is 7.99. The number of carbonyl (C=O) groups excluding carboxylic acids is 1. The van der Waals surface area contributed by atoms with Crippen LogP contribution in [0.25, 0.3) is 0 Å². The van der Waals surface area contributed by atoms with E-state index in [9.17, 15) is 4.79 Å². The monoisotopic (exact) mass is 365 g/mol. The van der Waals surface area contributed by atoms with Crippen molar-refractivity contribution >= 4 is 46.7 Å². The second kappa shape index (κ2) is 9.91. The van der Waals surface area contributed by atoms with Gasteiger partial charge in [0.15, 0.2) is 0 Å². The van der Waals surface area contributed by atoms with Crippen LogP contribution in [0.5, 0.6) is 0 Å². The van der Waals surface area contributed by atoms with Gasteiger partial charge in [0, 0.05) is 21.2 Å². The second-order valence-electron chi connectivity index (χ2n) is 4.88. The van der Waals surface area contributed by atoms with Crippen molar-refractivity contribution in [3.63, 3.8) is 0 Å². The first-order chi connectivity index (χ1) is 11.2. The molecule has 2 rings (SSSR count). The fourth-order valence-electron chi connectivity index (χ4n) is 2.02. The Hall–Kier alpha value is -1.10. The van der Waals surface area contributed by atoms with Crippen LogP contribution in [0.1, 0.15) is 19.8 Å². The Balaban J connectivity index is 1.74. The van der Waals surface area contributed by atoms with E-state index in [2.05, 4.69) is 12.2 Å². The number of halogens is 1. The van der Waals surface area contributed by atoms with Crippen LogP contribution in [0.4, 0.5) is 5.69 Å². The molecule has 0 unspecified atom stereocenters. The van der Waals surface area contributed by atoms with Crippen LogP contribution in [-0.4, -0.2) is 17.4 Å². The van der Waals surface area contributed by atoms with E-state index in [-0.39, 0.29) is 5.91 Å². The van der Waals surface area contributed by atoms with Crippen LogP contribution in [0.15, 0.2) is 58.3 Å². The Labute approximate surface area is 151 Å². The maximum Gasteiger partial charge on any atom is 0.224 e. The quantitative estimate of drug-likeness (QED) is 0.462. The summed E-state index contributed by atoms with van der Waals surface area (Å²) in [4.78, 5) is 14.4. The number of hydrogen-bond acceptors (Lipinski definition) is 3. The number of thioether (sulfide) groups is 2. The van der Waals surface area contributed by atoms with Crippen molar-refractivity contribution in [1.82, 2.24) is 0 Å². The van der Waals surface area contributed by atoms with Gasteiger partial charge in [0.1, 0.15) is 0 Å². The van der Waals surface area contributed by atoms with Gasteiger partial charge < -0.3 is 5.32 Å². The van der Waals surface area contributed by atoms with Crippen LogP contribution in [-0.2, 0) is 4.79 Å². The fourth-order valence-corrected chi connectivity index (χ4v) is 3.76. The maximum absolute atomic E-state index is 12.1. The Morgan fingerprint density at radius 2 is 1.83 bits per heavy atom. The first-order valence-electron chi connectivity index (χ1n) is 7.59. The van der Waals surface area contributed by atoms with Gasteiger partial charge in [-0.25, -0.2) is 0 Å². The lowest BCUT2D eigenvalue weighted by Gasteiger charge is -2.10. The van der Waals surface area contributed by atoms with Gasteiger partial charge in [-0.15, -0.1) is 23.5 Å². The highest BCUT2D eigenvalue weighted by atomic mass is 35.5. The molecule has 5 heteroatoms. The van der Waals surface area contributed by atoms with E-state index in [1.54, 1.807) is 23.5 Å². The van der Waals surface area contributed by atoms with Crippen LogP contribution < -0.4 is 5.32 Å². The average Bonchev–Trinajstić information content (AvgIpc) is 2.55. The number of anilines is 1. The van der Waals surface area contributed by atoms with E-state index in [4.69, 9.17) is 11.6 Å². The van der Waals surface area contributed by atoms with Gasteiger partial charge in [-0.1, -0.05) is 30.7 Å². The number of rotatable bonds is 8. The minimum absolute atomic E-state index is 0.0749. The smallest absolute Gasteiger partial charge is 0.224 e. The lowest BCUT2D eigenvalue weighted by molar-refractivity contribution is -0.116. The summed E-state index contributed by atoms with van der Waals surface area (Å²) < 4.78 is 0. The number of benzene rings is 2. The lowest BCUT2D eigenvalue weighted by Crippen LogP contribution is -2.12. The Morgan fingerprint density at radius 1 is 1.09 bits per heavy atom. The number of hydrogen-bond donors (Lipinski definition) is 1. The third kappa shape index (κ3) is 6.50. The molecule has 0 heterocycles. The van der Waals surface area contributed by atoms with Gasteiger partial charge in [-0.3, -0.25) is 4.79 Å². The fraction of sp³-hybridized carbons (Fsp3) is 0.278. The minimum atomic E-state index is 0.0749. The predicted molar refractivity (Wildman–Crippen MR) is 103 cm³/mol. The number of para-hydroxylation sites is 1. The average molecular weight is 366 g/mol. The molecule has 122 valence electrons. The van der Waals surface area contributed by atoms with Crippen LogP contribution in [0, 0.1) is 0 Å². The Morgan fingerprint density at radius 3 is 2.57 bits per heavy atom. The third-order valence-electron chi connectivity index (χ3n) is 3.09. The summed E-state index contributed by atoms with van der Waals surface area (Å²) in [5.74, 6) is 1.98. The van der Waals surface area contributed by atoms with Gasteiger partial charge in [-0.05, 0) is 54.3 Å². The molecule has 0 aliphatic carbocycles. The van der Waals surface area contributed by atoms with E-state index in [0.717, 1.165) is 33.5 Å². The molecule has 0 saturated heterocycles. The van der Waals surface area contributed by atoms with Gasteiger partial charge in [0.2, 0.25) is 5.91 Å². The third-order valence-corrected chi connectivity index (χ3v) is 5.40. The summed E-state index contributed by atoms with van der Waals surface area (Å²) in [6, 6.07) is 15.7. The second-order valence-corrected chi connectivity index (χ2v) is 7.79. The lowest BCUT2D eigenvalue weighted by atomic mass is 10.3. The van der Waals surface area contributed by atoms with Crippen molar-refractivity contribution in [2.75, 3.05) is 16.8 Å². The molecule has 0 atom stereocenters. The Kier molecular flexibility index (Phi) is 7.86. The molecule has 2 aromatic carbocycles. The van der Waals surface area contributed by atoms with E-state index in [1.165, 1.54) is 4.90 Å². The molecule has 23 heavy (non-hydrogen) atoms. The zero-order valence-corrected chi connectivity index (χ0v) is 15.4. The summed E-state index contributed by atoms with van der Waals surface area (Å²) in [5, 5.41) is 3.76. The molecule has 0 spiro atoms. The van der Waals surface area contributed by atoms with E-state index in [1.807, 2.05) is 48.5 Å². The van der Waals surface area contributed by atoms with Crippen molar-refractivity contribution in [2.24, 2.45) is 0 Å². The highest BCUT2D eigenvalue weighted by Crippen LogP contribution is 2.27. The van der Waals surface area contributed by atoms with Gasteiger partial charge in [-0.2, -0.15) is 0 Å². The van der Waals surface area contributed by atoms with Crippen molar-refractivity contribution in [1.29, 1.82) is 0 Å². The minimum Gasteiger partial charge on any atom is -0.325 e. The molecule has 2 nitrogen and oxygen atoms in total. The summed E-state index contributed by atoms with van der Waals surface area (Å²) in [7, 11) is 0. The van der Waals surface area contributed by atoms with Crippen molar-refractivity contribution in [3.05, 3.63) is 53.6 Å². The molecular weight excluding hydrogens is 346 g/mol. The summed E-state index contributed by atoms with van der Waals surface area (Å²) in [6.45, 7) is 2.11. The molecule has 1 amide bonds. The molecule has 1 N–H and O–H groups in total. The molecule has 0 fully saturated rings. The molecule has 0 saturated carbocycles. The standard InChI is InChI=1S/C18H20ClNOS2/c1-2-22-17-7-4-3-6-16(17)20-18(21)8-5-13-23-15-11-9-14(19)10-12-15/h3-4,6-7,9-12H,2,5,8,13H2,1H3,(H,20,21).